The van der Waals surface area contributed by atoms with Crippen LogP contribution in [0.25, 0.3) is 10.2 Å². The fraction of sp³-hybridized carbons (Fsp3) is 0.238. The van der Waals surface area contributed by atoms with Crippen LogP contribution < -0.4 is 4.90 Å². The number of anilines is 1. The summed E-state index contributed by atoms with van der Waals surface area (Å²) in [5.74, 6) is -0.170. The van der Waals surface area contributed by atoms with E-state index in [1.54, 1.807) is 11.1 Å². The van der Waals surface area contributed by atoms with Crippen LogP contribution in [0.4, 0.5) is 5.13 Å². The molecule has 0 spiro atoms. The molecule has 0 atom stereocenters. The highest BCUT2D eigenvalue weighted by molar-refractivity contribution is 7.22. The van der Waals surface area contributed by atoms with E-state index in [-0.39, 0.29) is 5.91 Å². The van der Waals surface area contributed by atoms with E-state index in [0.717, 1.165) is 28.1 Å². The van der Waals surface area contributed by atoms with Crippen molar-refractivity contribution in [3.8, 4) is 0 Å². The Morgan fingerprint density at radius 2 is 2.04 bits per heavy atom. The van der Waals surface area contributed by atoms with Crippen LogP contribution in [0.1, 0.15) is 34.4 Å². The van der Waals surface area contributed by atoms with Gasteiger partial charge in [-0.2, -0.15) is 5.10 Å². The van der Waals surface area contributed by atoms with E-state index in [1.807, 2.05) is 54.9 Å². The first-order valence-electron chi connectivity index (χ1n) is 9.18. The number of carbonyl (C=O) groups is 1. The van der Waals surface area contributed by atoms with Crippen molar-refractivity contribution < 1.29 is 4.79 Å². The van der Waals surface area contributed by atoms with Gasteiger partial charge in [-0.1, -0.05) is 23.5 Å². The fourth-order valence-electron chi connectivity index (χ4n) is 3.09. The Bertz CT molecular complexity index is 1130. The molecule has 0 fully saturated rings. The van der Waals surface area contributed by atoms with E-state index in [1.165, 1.54) is 16.9 Å². The largest absolute Gasteiger partial charge is 0.280 e. The Labute approximate surface area is 167 Å². The maximum Gasteiger partial charge on any atom is 0.280 e. The molecule has 6 nitrogen and oxygen atoms in total. The average Bonchev–Trinajstić information content (AvgIpc) is 3.29. The summed E-state index contributed by atoms with van der Waals surface area (Å²) in [6, 6.07) is 13.6. The molecule has 0 aliphatic carbocycles. The smallest absolute Gasteiger partial charge is 0.276 e. The first kappa shape index (κ1) is 18.3. The molecule has 4 aromatic rings. The molecule has 1 amide bonds. The van der Waals surface area contributed by atoms with E-state index >= 15 is 0 Å². The van der Waals surface area contributed by atoms with Gasteiger partial charge in [0.25, 0.3) is 5.91 Å². The maximum atomic E-state index is 13.4. The zero-order valence-corrected chi connectivity index (χ0v) is 16.9. The van der Waals surface area contributed by atoms with Crippen molar-refractivity contribution in [1.29, 1.82) is 0 Å². The molecule has 0 unspecified atom stereocenters. The summed E-state index contributed by atoms with van der Waals surface area (Å²) < 4.78 is 2.89. The van der Waals surface area contributed by atoms with Gasteiger partial charge >= 0.3 is 0 Å². The molecule has 0 saturated carbocycles. The van der Waals surface area contributed by atoms with Crippen LogP contribution in [0.5, 0.6) is 0 Å². The van der Waals surface area contributed by atoms with E-state index in [0.29, 0.717) is 17.4 Å². The van der Waals surface area contributed by atoms with Crippen molar-refractivity contribution >= 4 is 32.6 Å². The number of aromatic nitrogens is 4. The molecule has 0 radical (unpaired) electrons. The second kappa shape index (κ2) is 7.52. The number of rotatable bonds is 5. The first-order valence-corrected chi connectivity index (χ1v) is 10.00. The lowest BCUT2D eigenvalue weighted by Crippen LogP contribution is -2.31. The average molecular weight is 392 g/mol. The summed E-state index contributed by atoms with van der Waals surface area (Å²) in [4.78, 5) is 24.1. The molecule has 0 aliphatic heterocycles. The van der Waals surface area contributed by atoms with Crippen molar-refractivity contribution in [3.63, 3.8) is 0 Å². The second-order valence-corrected chi connectivity index (χ2v) is 7.68. The SMILES string of the molecule is CCn1nc(C(=O)N(Cc2ccccn2)c2nc3ccc(C)cc3s2)cc1C. The van der Waals surface area contributed by atoms with Crippen LogP contribution in [-0.4, -0.2) is 25.7 Å². The number of aryl methyl sites for hydroxylation is 3. The van der Waals surface area contributed by atoms with E-state index < -0.39 is 0 Å². The molecule has 0 aliphatic rings. The molecule has 4 rings (SSSR count). The number of hydrogen-bond acceptors (Lipinski definition) is 5. The molecular formula is C21H21N5OS. The highest BCUT2D eigenvalue weighted by atomic mass is 32.1. The molecular weight excluding hydrogens is 370 g/mol. The van der Waals surface area contributed by atoms with E-state index in [4.69, 9.17) is 4.98 Å². The van der Waals surface area contributed by atoms with Crippen LogP contribution in [0, 0.1) is 13.8 Å². The van der Waals surface area contributed by atoms with Crippen molar-refractivity contribution in [2.75, 3.05) is 4.90 Å². The van der Waals surface area contributed by atoms with Gasteiger partial charge in [0.1, 0.15) is 0 Å². The summed E-state index contributed by atoms with van der Waals surface area (Å²) in [6.07, 6.45) is 1.73. The zero-order valence-electron chi connectivity index (χ0n) is 16.1. The van der Waals surface area contributed by atoms with Gasteiger partial charge in [0.2, 0.25) is 0 Å². The number of carbonyl (C=O) groups excluding carboxylic acids is 1. The number of thiazole rings is 1. The van der Waals surface area contributed by atoms with Gasteiger partial charge in [0.05, 0.1) is 22.5 Å². The molecule has 3 aromatic heterocycles. The quantitative estimate of drug-likeness (QED) is 0.507. The number of nitrogens with zero attached hydrogens (tertiary/aromatic N) is 5. The highest BCUT2D eigenvalue weighted by Gasteiger charge is 2.24. The predicted molar refractivity (Wildman–Crippen MR) is 112 cm³/mol. The van der Waals surface area contributed by atoms with Crippen molar-refractivity contribution in [2.24, 2.45) is 0 Å². The third-order valence-corrected chi connectivity index (χ3v) is 5.60. The van der Waals surface area contributed by atoms with Gasteiger partial charge in [-0.15, -0.1) is 0 Å². The van der Waals surface area contributed by atoms with Gasteiger partial charge < -0.3 is 0 Å². The highest BCUT2D eigenvalue weighted by Crippen LogP contribution is 2.31. The Hall–Kier alpha value is -3.06. The fourth-order valence-corrected chi connectivity index (χ4v) is 4.15. The van der Waals surface area contributed by atoms with Gasteiger partial charge in [0.15, 0.2) is 10.8 Å². The van der Waals surface area contributed by atoms with Gasteiger partial charge in [-0.05, 0) is 56.7 Å². The number of benzene rings is 1. The van der Waals surface area contributed by atoms with Crippen LogP contribution >= 0.6 is 11.3 Å². The van der Waals surface area contributed by atoms with Crippen LogP contribution in [0.2, 0.25) is 0 Å². The predicted octanol–water partition coefficient (Wildman–Crippen LogP) is 4.37. The molecule has 0 saturated heterocycles. The minimum absolute atomic E-state index is 0.170. The van der Waals surface area contributed by atoms with Gasteiger partial charge in [0, 0.05) is 18.4 Å². The van der Waals surface area contributed by atoms with Crippen molar-refractivity contribution in [1.82, 2.24) is 19.7 Å². The molecule has 0 bridgehead atoms. The summed E-state index contributed by atoms with van der Waals surface area (Å²) >= 11 is 1.51. The molecule has 1 aromatic carbocycles. The topological polar surface area (TPSA) is 63.9 Å². The Morgan fingerprint density at radius 1 is 1.18 bits per heavy atom. The molecule has 142 valence electrons. The molecule has 7 heteroatoms. The minimum atomic E-state index is -0.170. The van der Waals surface area contributed by atoms with E-state index in [9.17, 15) is 4.79 Å². The van der Waals surface area contributed by atoms with Crippen LogP contribution in [0.15, 0.2) is 48.7 Å². The van der Waals surface area contributed by atoms with Crippen molar-refractivity contribution in [3.05, 3.63) is 71.3 Å². The van der Waals surface area contributed by atoms with Crippen LogP contribution in [0.3, 0.4) is 0 Å². The summed E-state index contributed by atoms with van der Waals surface area (Å²) in [7, 11) is 0. The minimum Gasteiger partial charge on any atom is -0.276 e. The monoisotopic (exact) mass is 391 g/mol. The normalized spacial score (nSPS) is 11.1. The Morgan fingerprint density at radius 3 is 2.75 bits per heavy atom. The number of fused-ring (bicyclic) bond motifs is 1. The van der Waals surface area contributed by atoms with Crippen molar-refractivity contribution in [2.45, 2.75) is 33.9 Å². The van der Waals surface area contributed by atoms with E-state index in [2.05, 4.69) is 23.1 Å². The van der Waals surface area contributed by atoms with Gasteiger partial charge in [-0.3, -0.25) is 19.4 Å². The summed E-state index contributed by atoms with van der Waals surface area (Å²) in [5.41, 5.74) is 4.24. The number of amides is 1. The molecule has 3 heterocycles. The zero-order chi connectivity index (χ0) is 19.7. The molecule has 28 heavy (non-hydrogen) atoms. The third kappa shape index (κ3) is 3.53. The standard InChI is InChI=1S/C21H21N5OS/c1-4-26-15(3)12-18(24-26)20(27)25(13-16-7-5-6-10-22-16)21-23-17-9-8-14(2)11-19(17)28-21/h5-12H,4,13H2,1-3H3. The van der Waals surface area contributed by atoms with Gasteiger partial charge in [-0.25, -0.2) is 4.98 Å². The lowest BCUT2D eigenvalue weighted by Gasteiger charge is -2.18. The lowest BCUT2D eigenvalue weighted by atomic mass is 10.2. The second-order valence-electron chi connectivity index (χ2n) is 6.67. The Balaban J connectivity index is 1.76. The summed E-state index contributed by atoms with van der Waals surface area (Å²) in [6.45, 7) is 7.08. The number of hydrogen-bond donors (Lipinski definition) is 0. The number of pyridine rings is 1. The summed E-state index contributed by atoms with van der Waals surface area (Å²) in [5, 5.41) is 5.12. The third-order valence-electron chi connectivity index (χ3n) is 4.55. The maximum absolute atomic E-state index is 13.4. The molecule has 0 N–H and O–H groups in total. The Kier molecular flexibility index (Phi) is 4.92. The first-order chi connectivity index (χ1) is 13.5. The lowest BCUT2D eigenvalue weighted by molar-refractivity contribution is 0.0979. The van der Waals surface area contributed by atoms with Crippen LogP contribution in [-0.2, 0) is 13.1 Å².